The zero-order valence-corrected chi connectivity index (χ0v) is 10.5. The summed E-state index contributed by atoms with van der Waals surface area (Å²) in [6, 6.07) is 2.39. The average molecular weight is 243 g/mol. The highest BCUT2D eigenvalue weighted by Gasteiger charge is 2.18. The van der Waals surface area contributed by atoms with Crippen LogP contribution in [0.1, 0.15) is 36.8 Å². The van der Waals surface area contributed by atoms with Crippen LogP contribution in [0.5, 0.6) is 0 Å². The maximum atomic E-state index is 4.55. The van der Waals surface area contributed by atoms with Gasteiger partial charge in [-0.05, 0) is 32.4 Å². The Morgan fingerprint density at radius 2 is 2.22 bits per heavy atom. The zero-order chi connectivity index (χ0) is 12.4. The number of hydrogen-bond acceptors (Lipinski definition) is 4. The van der Waals surface area contributed by atoms with Crippen LogP contribution >= 0.6 is 0 Å². The second-order valence-corrected chi connectivity index (χ2v) is 4.67. The van der Waals surface area contributed by atoms with Crippen LogP contribution in [0.3, 0.4) is 0 Å². The van der Waals surface area contributed by atoms with Crippen LogP contribution in [0.2, 0.25) is 0 Å². The predicted molar refractivity (Wildman–Crippen MR) is 68.9 cm³/mol. The molecule has 1 saturated heterocycles. The summed E-state index contributed by atoms with van der Waals surface area (Å²) in [5.74, 6) is 1.60. The van der Waals surface area contributed by atoms with Crippen LogP contribution in [0.4, 0.5) is 0 Å². The molecule has 0 radical (unpaired) electrons. The molecule has 2 aromatic heterocycles. The molecule has 18 heavy (non-hydrogen) atoms. The molecule has 1 atom stereocenters. The normalized spacial score (nSPS) is 19.9. The molecule has 1 aliphatic heterocycles. The van der Waals surface area contributed by atoms with Gasteiger partial charge in [0.25, 0.3) is 0 Å². The first-order chi connectivity index (χ1) is 8.83. The lowest BCUT2D eigenvalue weighted by Crippen LogP contribution is -2.27. The number of rotatable bonds is 2. The van der Waals surface area contributed by atoms with E-state index in [0.29, 0.717) is 6.04 Å². The molecule has 3 heterocycles. The van der Waals surface area contributed by atoms with Gasteiger partial charge in [-0.2, -0.15) is 0 Å². The van der Waals surface area contributed by atoms with E-state index in [1.807, 2.05) is 19.2 Å². The minimum absolute atomic E-state index is 0.356. The number of piperidine rings is 1. The van der Waals surface area contributed by atoms with Crippen molar-refractivity contribution in [2.24, 2.45) is 0 Å². The van der Waals surface area contributed by atoms with Gasteiger partial charge in [-0.15, -0.1) is 0 Å². The van der Waals surface area contributed by atoms with Crippen molar-refractivity contribution < 1.29 is 0 Å². The molecule has 2 aromatic rings. The number of nitrogens with one attached hydrogen (secondary N) is 2. The highest BCUT2D eigenvalue weighted by Crippen LogP contribution is 2.23. The van der Waals surface area contributed by atoms with Gasteiger partial charge in [-0.25, -0.2) is 15.0 Å². The summed E-state index contributed by atoms with van der Waals surface area (Å²) in [4.78, 5) is 16.3. The van der Waals surface area contributed by atoms with Crippen molar-refractivity contribution >= 4 is 0 Å². The first-order valence-electron chi connectivity index (χ1n) is 6.41. The van der Waals surface area contributed by atoms with Gasteiger partial charge < -0.3 is 10.3 Å². The van der Waals surface area contributed by atoms with Gasteiger partial charge in [0.15, 0.2) is 5.82 Å². The predicted octanol–water partition coefficient (Wildman–Crippen LogP) is 1.99. The summed E-state index contributed by atoms with van der Waals surface area (Å²) in [7, 11) is 0. The quantitative estimate of drug-likeness (QED) is 0.846. The van der Waals surface area contributed by atoms with Crippen LogP contribution in [0, 0.1) is 6.92 Å². The number of H-pyrrole nitrogens is 1. The van der Waals surface area contributed by atoms with Gasteiger partial charge in [0, 0.05) is 18.4 Å². The van der Waals surface area contributed by atoms with Crippen LogP contribution in [-0.2, 0) is 0 Å². The molecule has 5 nitrogen and oxygen atoms in total. The molecular weight excluding hydrogens is 226 g/mol. The molecule has 5 heteroatoms. The Balaban J connectivity index is 1.95. The fourth-order valence-corrected chi connectivity index (χ4v) is 2.40. The number of aryl methyl sites for hydroxylation is 1. The lowest BCUT2D eigenvalue weighted by molar-refractivity contribution is 0.404. The molecule has 94 valence electrons. The van der Waals surface area contributed by atoms with E-state index in [1.54, 1.807) is 6.20 Å². The molecule has 1 unspecified atom stereocenters. The fourth-order valence-electron chi connectivity index (χ4n) is 2.40. The molecule has 1 fully saturated rings. The third-order valence-corrected chi connectivity index (χ3v) is 3.27. The summed E-state index contributed by atoms with van der Waals surface area (Å²) in [5, 5.41) is 3.51. The summed E-state index contributed by atoms with van der Waals surface area (Å²) in [6.07, 6.45) is 7.22. The van der Waals surface area contributed by atoms with E-state index in [9.17, 15) is 0 Å². The van der Waals surface area contributed by atoms with Gasteiger partial charge in [0.2, 0.25) is 0 Å². The monoisotopic (exact) mass is 243 g/mol. The molecule has 2 N–H and O–H groups in total. The van der Waals surface area contributed by atoms with Crippen molar-refractivity contribution in [3.05, 3.63) is 30.0 Å². The Hall–Kier alpha value is -1.75. The zero-order valence-electron chi connectivity index (χ0n) is 10.5. The lowest BCUT2D eigenvalue weighted by atomic mass is 10.0. The topological polar surface area (TPSA) is 66.5 Å². The van der Waals surface area contributed by atoms with E-state index < -0.39 is 0 Å². The third kappa shape index (κ3) is 2.26. The number of aromatic amines is 1. The van der Waals surface area contributed by atoms with Crippen LogP contribution < -0.4 is 5.32 Å². The van der Waals surface area contributed by atoms with Gasteiger partial charge in [0.05, 0.1) is 5.69 Å². The minimum Gasteiger partial charge on any atom is -0.343 e. The number of aromatic nitrogens is 4. The maximum absolute atomic E-state index is 4.55. The average Bonchev–Trinajstić information content (AvgIpc) is 2.93. The van der Waals surface area contributed by atoms with Gasteiger partial charge in [-0.3, -0.25) is 0 Å². The van der Waals surface area contributed by atoms with Gasteiger partial charge >= 0.3 is 0 Å². The first-order valence-corrected chi connectivity index (χ1v) is 6.41. The summed E-state index contributed by atoms with van der Waals surface area (Å²) in [5.41, 5.74) is 1.95. The third-order valence-electron chi connectivity index (χ3n) is 3.27. The molecule has 1 aliphatic rings. The fraction of sp³-hybridized carbons (Fsp3) is 0.462. The van der Waals surface area contributed by atoms with E-state index in [1.165, 1.54) is 12.8 Å². The van der Waals surface area contributed by atoms with Crippen molar-refractivity contribution in [2.45, 2.75) is 32.2 Å². The number of imidazole rings is 1. The largest absolute Gasteiger partial charge is 0.343 e. The lowest BCUT2D eigenvalue weighted by Gasteiger charge is -2.23. The van der Waals surface area contributed by atoms with Crippen molar-refractivity contribution in [3.63, 3.8) is 0 Å². The molecule has 0 saturated carbocycles. The van der Waals surface area contributed by atoms with Crippen molar-refractivity contribution in [1.82, 2.24) is 25.3 Å². The molecule has 0 aromatic carbocycles. The first kappa shape index (κ1) is 11.3. The maximum Gasteiger partial charge on any atom is 0.156 e. The van der Waals surface area contributed by atoms with E-state index >= 15 is 0 Å². The minimum atomic E-state index is 0.356. The number of hydrogen-bond donors (Lipinski definition) is 2. The smallest absolute Gasteiger partial charge is 0.156 e. The van der Waals surface area contributed by atoms with Crippen molar-refractivity contribution in [3.8, 4) is 11.5 Å². The van der Waals surface area contributed by atoms with Crippen LogP contribution in [0.25, 0.3) is 11.5 Å². The van der Waals surface area contributed by atoms with E-state index in [-0.39, 0.29) is 0 Å². The molecular formula is C13H17N5. The standard InChI is InChI=1S/C13H17N5/c1-9-17-11(10-4-2-3-5-14-10)8-12(18-9)13-15-6-7-16-13/h6-8,10,14H,2-5H2,1H3,(H,15,16). The molecule has 3 rings (SSSR count). The Kier molecular flexibility index (Phi) is 3.06. The summed E-state index contributed by atoms with van der Waals surface area (Å²) < 4.78 is 0. The Labute approximate surface area is 106 Å². The highest BCUT2D eigenvalue weighted by atomic mass is 15.0. The molecule has 0 bridgehead atoms. The van der Waals surface area contributed by atoms with Crippen LogP contribution in [0.15, 0.2) is 18.5 Å². The molecule has 0 amide bonds. The van der Waals surface area contributed by atoms with E-state index in [0.717, 1.165) is 36.0 Å². The van der Waals surface area contributed by atoms with E-state index in [2.05, 4.69) is 25.3 Å². The molecule has 0 aliphatic carbocycles. The van der Waals surface area contributed by atoms with E-state index in [4.69, 9.17) is 0 Å². The SMILES string of the molecule is Cc1nc(-c2ncc[nH]2)cc(C2CCCCN2)n1. The Morgan fingerprint density at radius 3 is 2.94 bits per heavy atom. The van der Waals surface area contributed by atoms with Crippen molar-refractivity contribution in [2.75, 3.05) is 6.54 Å². The second kappa shape index (κ2) is 4.86. The Morgan fingerprint density at radius 1 is 1.28 bits per heavy atom. The highest BCUT2D eigenvalue weighted by molar-refractivity contribution is 5.49. The Bertz CT molecular complexity index is 514. The van der Waals surface area contributed by atoms with Gasteiger partial charge in [-0.1, -0.05) is 6.42 Å². The van der Waals surface area contributed by atoms with Gasteiger partial charge in [0.1, 0.15) is 11.5 Å². The van der Waals surface area contributed by atoms with Crippen molar-refractivity contribution in [1.29, 1.82) is 0 Å². The van der Waals surface area contributed by atoms with Crippen LogP contribution in [-0.4, -0.2) is 26.5 Å². The summed E-state index contributed by atoms with van der Waals surface area (Å²) >= 11 is 0. The number of nitrogens with zero attached hydrogens (tertiary/aromatic N) is 3. The second-order valence-electron chi connectivity index (χ2n) is 4.67. The summed E-state index contributed by atoms with van der Waals surface area (Å²) in [6.45, 7) is 3.00. The molecule has 0 spiro atoms.